The van der Waals surface area contributed by atoms with Crippen molar-refractivity contribution in [1.82, 2.24) is 4.90 Å². The van der Waals surface area contributed by atoms with Gasteiger partial charge in [0.05, 0.1) is 0 Å². The van der Waals surface area contributed by atoms with Gasteiger partial charge in [0.25, 0.3) is 0 Å². The molecular formula is C18H36N2. The topological polar surface area (TPSA) is 29.3 Å². The molecule has 1 aliphatic heterocycles. The lowest BCUT2D eigenvalue weighted by atomic mass is 9.68. The average Bonchev–Trinajstić information content (AvgIpc) is 2.47. The maximum atomic E-state index is 6.24. The highest BCUT2D eigenvalue weighted by Gasteiger charge is 2.36. The Bertz CT molecular complexity index is 290. The zero-order chi connectivity index (χ0) is 14.8. The van der Waals surface area contributed by atoms with Gasteiger partial charge in [-0.3, -0.25) is 4.90 Å². The van der Waals surface area contributed by atoms with Gasteiger partial charge in [0.1, 0.15) is 0 Å². The Labute approximate surface area is 126 Å². The predicted octanol–water partition coefficient (Wildman–Crippen LogP) is 4.18. The fourth-order valence-electron chi connectivity index (χ4n) is 4.48. The summed E-state index contributed by atoms with van der Waals surface area (Å²) in [4.78, 5) is 2.78. The second-order valence-corrected chi connectivity index (χ2v) is 8.01. The minimum absolute atomic E-state index is 0.333. The highest BCUT2D eigenvalue weighted by Crippen LogP contribution is 2.42. The van der Waals surface area contributed by atoms with Crippen LogP contribution in [0.4, 0.5) is 0 Å². The van der Waals surface area contributed by atoms with E-state index in [4.69, 9.17) is 5.73 Å². The number of nitrogens with zero attached hydrogens (tertiary/aromatic N) is 1. The molecule has 2 aliphatic rings. The molecule has 20 heavy (non-hydrogen) atoms. The van der Waals surface area contributed by atoms with E-state index in [0.29, 0.717) is 17.5 Å². The zero-order valence-electron chi connectivity index (χ0n) is 14.2. The van der Waals surface area contributed by atoms with Gasteiger partial charge in [-0.1, -0.05) is 33.6 Å². The van der Waals surface area contributed by atoms with E-state index in [1.54, 1.807) is 0 Å². The van der Waals surface area contributed by atoms with Crippen LogP contribution < -0.4 is 5.73 Å². The minimum atomic E-state index is 0.333. The summed E-state index contributed by atoms with van der Waals surface area (Å²) in [5, 5.41) is 0. The van der Waals surface area contributed by atoms with E-state index in [9.17, 15) is 0 Å². The Morgan fingerprint density at radius 1 is 1.10 bits per heavy atom. The van der Waals surface area contributed by atoms with Crippen molar-refractivity contribution in [2.24, 2.45) is 17.1 Å². The standard InChI is InChI=1S/C18H36N2/c1-5-18(3,4)15-9-11-16(12-10-15)20-13-7-6-8-17(20)14(2)19/h14-17H,5-13,19H2,1-4H3. The molecule has 0 radical (unpaired) electrons. The maximum absolute atomic E-state index is 6.24. The Morgan fingerprint density at radius 3 is 2.30 bits per heavy atom. The van der Waals surface area contributed by atoms with Crippen LogP contribution in [-0.4, -0.2) is 29.6 Å². The molecular weight excluding hydrogens is 244 g/mol. The first-order chi connectivity index (χ1) is 9.45. The fraction of sp³-hybridized carbons (Fsp3) is 1.00. The van der Waals surface area contributed by atoms with E-state index in [1.165, 1.54) is 57.9 Å². The lowest BCUT2D eigenvalue weighted by molar-refractivity contribution is 0.0337. The van der Waals surface area contributed by atoms with Crippen LogP contribution in [-0.2, 0) is 0 Å². The first-order valence-electron chi connectivity index (χ1n) is 8.97. The van der Waals surface area contributed by atoms with E-state index in [1.807, 2.05) is 0 Å². The molecule has 2 fully saturated rings. The molecule has 2 atom stereocenters. The predicted molar refractivity (Wildman–Crippen MR) is 87.8 cm³/mol. The lowest BCUT2D eigenvalue weighted by Gasteiger charge is -2.47. The van der Waals surface area contributed by atoms with Crippen LogP contribution in [0.25, 0.3) is 0 Å². The molecule has 1 aliphatic carbocycles. The second-order valence-electron chi connectivity index (χ2n) is 8.01. The lowest BCUT2D eigenvalue weighted by Crippen LogP contribution is -2.54. The molecule has 1 saturated heterocycles. The Hall–Kier alpha value is -0.0800. The highest BCUT2D eigenvalue weighted by atomic mass is 15.2. The summed E-state index contributed by atoms with van der Waals surface area (Å²) < 4.78 is 0. The van der Waals surface area contributed by atoms with Crippen molar-refractivity contribution in [3.8, 4) is 0 Å². The molecule has 2 nitrogen and oxygen atoms in total. The van der Waals surface area contributed by atoms with Crippen LogP contribution >= 0.6 is 0 Å². The van der Waals surface area contributed by atoms with Gasteiger partial charge in [-0.25, -0.2) is 0 Å². The molecule has 2 unspecified atom stereocenters. The third-order valence-electron chi connectivity index (χ3n) is 6.38. The minimum Gasteiger partial charge on any atom is -0.327 e. The Balaban J connectivity index is 1.92. The van der Waals surface area contributed by atoms with Crippen molar-refractivity contribution in [1.29, 1.82) is 0 Å². The number of nitrogens with two attached hydrogens (primary N) is 1. The van der Waals surface area contributed by atoms with Gasteiger partial charge in [0.15, 0.2) is 0 Å². The summed E-state index contributed by atoms with van der Waals surface area (Å²) >= 11 is 0. The molecule has 0 amide bonds. The smallest absolute Gasteiger partial charge is 0.0247 e. The molecule has 1 saturated carbocycles. The fourth-order valence-corrected chi connectivity index (χ4v) is 4.48. The largest absolute Gasteiger partial charge is 0.327 e. The summed E-state index contributed by atoms with van der Waals surface area (Å²) in [5.74, 6) is 0.933. The van der Waals surface area contributed by atoms with Gasteiger partial charge in [-0.05, 0) is 63.3 Å². The van der Waals surface area contributed by atoms with Crippen molar-refractivity contribution in [2.75, 3.05) is 6.54 Å². The molecule has 2 N–H and O–H groups in total. The van der Waals surface area contributed by atoms with Crippen LogP contribution in [0.2, 0.25) is 0 Å². The Morgan fingerprint density at radius 2 is 1.75 bits per heavy atom. The van der Waals surface area contributed by atoms with Gasteiger partial charge in [-0.2, -0.15) is 0 Å². The third kappa shape index (κ3) is 3.57. The van der Waals surface area contributed by atoms with E-state index < -0.39 is 0 Å². The van der Waals surface area contributed by atoms with Gasteiger partial charge < -0.3 is 5.73 Å². The summed E-state index contributed by atoms with van der Waals surface area (Å²) in [6.07, 6.45) is 11.0. The maximum Gasteiger partial charge on any atom is 0.0247 e. The zero-order valence-corrected chi connectivity index (χ0v) is 14.2. The third-order valence-corrected chi connectivity index (χ3v) is 6.38. The van der Waals surface area contributed by atoms with Crippen LogP contribution in [0.3, 0.4) is 0 Å². The van der Waals surface area contributed by atoms with Gasteiger partial charge in [0, 0.05) is 18.1 Å². The molecule has 2 rings (SSSR count). The summed E-state index contributed by atoms with van der Waals surface area (Å²) in [7, 11) is 0. The van der Waals surface area contributed by atoms with E-state index in [2.05, 4.69) is 32.6 Å². The molecule has 0 bridgehead atoms. The SMILES string of the molecule is CCC(C)(C)C1CCC(N2CCCCC2C(C)N)CC1. The Kier molecular flexibility index (Phi) is 5.53. The number of rotatable bonds is 4. The first-order valence-corrected chi connectivity index (χ1v) is 8.97. The molecule has 0 aromatic carbocycles. The highest BCUT2D eigenvalue weighted by molar-refractivity contribution is 4.91. The first kappa shape index (κ1) is 16.3. The van der Waals surface area contributed by atoms with Crippen LogP contribution in [0, 0.1) is 11.3 Å². The molecule has 0 aromatic rings. The number of likely N-dealkylation sites (tertiary alicyclic amines) is 1. The summed E-state index contributed by atoms with van der Waals surface area (Å²) in [5.41, 5.74) is 6.78. The van der Waals surface area contributed by atoms with E-state index in [-0.39, 0.29) is 0 Å². The van der Waals surface area contributed by atoms with Crippen molar-refractivity contribution < 1.29 is 0 Å². The normalized spacial score (nSPS) is 35.0. The summed E-state index contributed by atoms with van der Waals surface area (Å²) in [6, 6.07) is 1.79. The molecule has 0 aromatic heterocycles. The number of hydrogen-bond donors (Lipinski definition) is 1. The van der Waals surface area contributed by atoms with Crippen molar-refractivity contribution >= 4 is 0 Å². The van der Waals surface area contributed by atoms with Crippen LogP contribution in [0.15, 0.2) is 0 Å². The van der Waals surface area contributed by atoms with Crippen molar-refractivity contribution in [3.05, 3.63) is 0 Å². The van der Waals surface area contributed by atoms with Crippen LogP contribution in [0.5, 0.6) is 0 Å². The monoisotopic (exact) mass is 280 g/mol. The van der Waals surface area contributed by atoms with Crippen molar-refractivity contribution in [3.63, 3.8) is 0 Å². The number of hydrogen-bond acceptors (Lipinski definition) is 2. The number of piperidine rings is 1. The van der Waals surface area contributed by atoms with Gasteiger partial charge in [-0.15, -0.1) is 0 Å². The summed E-state index contributed by atoms with van der Waals surface area (Å²) in [6.45, 7) is 10.8. The quantitative estimate of drug-likeness (QED) is 0.837. The molecule has 2 heteroatoms. The second kappa shape index (κ2) is 6.79. The van der Waals surface area contributed by atoms with Gasteiger partial charge >= 0.3 is 0 Å². The van der Waals surface area contributed by atoms with E-state index >= 15 is 0 Å². The molecule has 118 valence electrons. The molecule has 1 heterocycles. The average molecular weight is 280 g/mol. The van der Waals surface area contributed by atoms with Crippen LogP contribution in [0.1, 0.15) is 79.1 Å². The van der Waals surface area contributed by atoms with E-state index in [0.717, 1.165) is 12.0 Å². The van der Waals surface area contributed by atoms with Gasteiger partial charge in [0.2, 0.25) is 0 Å². The molecule has 0 spiro atoms. The van der Waals surface area contributed by atoms with Crippen molar-refractivity contribution in [2.45, 2.75) is 97.2 Å².